The molecule has 1 aliphatic rings. The van der Waals surface area contributed by atoms with Gasteiger partial charge in [0.05, 0.1) is 10.1 Å². The Hall–Kier alpha value is -1.43. The van der Waals surface area contributed by atoms with E-state index in [0.717, 1.165) is 12.8 Å². The highest BCUT2D eigenvalue weighted by molar-refractivity contribution is 7.92. The van der Waals surface area contributed by atoms with Crippen LogP contribution in [0.3, 0.4) is 0 Å². The molecule has 1 aliphatic carbocycles. The summed E-state index contributed by atoms with van der Waals surface area (Å²) >= 11 is 0. The fraction of sp³-hybridized carbons (Fsp3) is 0.417. The van der Waals surface area contributed by atoms with Crippen molar-refractivity contribution in [1.29, 1.82) is 0 Å². The average Bonchev–Trinajstić information content (AvgIpc) is 3.13. The maximum absolute atomic E-state index is 12.0. The number of aromatic nitrogens is 1. The van der Waals surface area contributed by atoms with E-state index < -0.39 is 9.84 Å². The molecule has 18 heavy (non-hydrogen) atoms. The van der Waals surface area contributed by atoms with E-state index in [9.17, 15) is 13.2 Å². The van der Waals surface area contributed by atoms with E-state index in [-0.39, 0.29) is 22.5 Å². The minimum Gasteiger partial charge on any atom is -0.370 e. The van der Waals surface area contributed by atoms with E-state index in [1.807, 2.05) is 0 Å². The van der Waals surface area contributed by atoms with Gasteiger partial charge in [-0.15, -0.1) is 0 Å². The fourth-order valence-corrected chi connectivity index (χ4v) is 3.30. The number of nitrogens with two attached hydrogens (primary N) is 1. The van der Waals surface area contributed by atoms with Crippen molar-refractivity contribution in [1.82, 2.24) is 4.98 Å². The molecular formula is C12H15N2O3S. The predicted molar refractivity (Wildman–Crippen MR) is 66.3 cm³/mol. The quantitative estimate of drug-likeness (QED) is 0.826. The number of sulfone groups is 1. The van der Waals surface area contributed by atoms with Gasteiger partial charge >= 0.3 is 0 Å². The molecule has 0 bridgehead atoms. The number of carbonyl (C=O) groups excluding carboxylic acids is 1. The lowest BCUT2D eigenvalue weighted by Gasteiger charge is -2.04. The van der Waals surface area contributed by atoms with Gasteiger partial charge < -0.3 is 5.73 Å². The first kappa shape index (κ1) is 13.0. The number of pyridine rings is 1. The zero-order valence-corrected chi connectivity index (χ0v) is 10.7. The van der Waals surface area contributed by atoms with Crippen LogP contribution in [0.4, 0.5) is 0 Å². The Labute approximate surface area is 106 Å². The number of primary amides is 1. The Balaban J connectivity index is 2.08. The molecule has 0 unspecified atom stereocenters. The smallest absolute Gasteiger partial charge is 0.217 e. The molecule has 1 radical (unpaired) electrons. The molecule has 0 saturated heterocycles. The van der Waals surface area contributed by atoms with Crippen molar-refractivity contribution in [3.8, 4) is 0 Å². The molecule has 1 aromatic heterocycles. The zero-order chi connectivity index (χ0) is 13.2. The van der Waals surface area contributed by atoms with Crippen LogP contribution in [0, 0.1) is 6.42 Å². The van der Waals surface area contributed by atoms with Crippen LogP contribution in [-0.2, 0) is 14.6 Å². The highest BCUT2D eigenvalue weighted by atomic mass is 32.2. The van der Waals surface area contributed by atoms with Gasteiger partial charge in [-0.3, -0.25) is 9.78 Å². The summed E-state index contributed by atoms with van der Waals surface area (Å²) in [7, 11) is -3.20. The lowest BCUT2D eigenvalue weighted by atomic mass is 10.1. The lowest BCUT2D eigenvalue weighted by Crippen LogP contribution is -2.10. The molecule has 0 atom stereocenters. The van der Waals surface area contributed by atoms with E-state index in [1.165, 1.54) is 6.20 Å². The molecule has 1 heterocycles. The van der Waals surface area contributed by atoms with Crippen LogP contribution < -0.4 is 5.73 Å². The van der Waals surface area contributed by atoms with E-state index in [0.29, 0.717) is 12.0 Å². The lowest BCUT2D eigenvalue weighted by molar-refractivity contribution is -0.117. The molecular weight excluding hydrogens is 252 g/mol. The second kappa shape index (κ2) is 5.06. The number of hydrogen-bond acceptors (Lipinski definition) is 4. The van der Waals surface area contributed by atoms with Crippen molar-refractivity contribution in [3.05, 3.63) is 30.4 Å². The first-order valence-electron chi connectivity index (χ1n) is 5.80. The predicted octanol–water partition coefficient (Wildman–Crippen LogP) is 0.836. The third-order valence-corrected chi connectivity index (χ3v) is 5.03. The van der Waals surface area contributed by atoms with Crippen LogP contribution in [-0.4, -0.2) is 24.6 Å². The summed E-state index contributed by atoms with van der Waals surface area (Å²) in [4.78, 5) is 14.8. The van der Waals surface area contributed by atoms with Crippen LogP contribution >= 0.6 is 0 Å². The molecule has 5 nitrogen and oxygen atoms in total. The first-order valence-corrected chi connectivity index (χ1v) is 7.35. The van der Waals surface area contributed by atoms with Crippen LogP contribution in [0.1, 0.15) is 31.2 Å². The van der Waals surface area contributed by atoms with Gasteiger partial charge in [-0.2, -0.15) is 0 Å². The van der Waals surface area contributed by atoms with Crippen molar-refractivity contribution in [2.75, 3.05) is 0 Å². The molecule has 97 valence electrons. The number of amides is 1. The minimum atomic E-state index is -3.20. The summed E-state index contributed by atoms with van der Waals surface area (Å²) in [5, 5.41) is -0.236. The topological polar surface area (TPSA) is 90.1 Å². The van der Waals surface area contributed by atoms with Crippen LogP contribution in [0.2, 0.25) is 0 Å². The highest BCUT2D eigenvalue weighted by Crippen LogP contribution is 2.33. The van der Waals surface area contributed by atoms with E-state index in [1.54, 1.807) is 18.7 Å². The van der Waals surface area contributed by atoms with Crippen molar-refractivity contribution >= 4 is 15.7 Å². The molecule has 2 N–H and O–H groups in total. The standard InChI is InChI=1S/C12H15N2O3S/c13-12(15)3-1-2-9-6-11(8-14-7-9)18(16,17)10-4-5-10/h2,6-8,10H,1,3-5H2,(H2,13,15). The van der Waals surface area contributed by atoms with Crippen molar-refractivity contribution in [2.24, 2.45) is 5.73 Å². The molecule has 2 rings (SSSR count). The summed E-state index contributed by atoms with van der Waals surface area (Å²) in [5.74, 6) is -0.374. The Morgan fingerprint density at radius 2 is 2.17 bits per heavy atom. The van der Waals surface area contributed by atoms with E-state index >= 15 is 0 Å². The van der Waals surface area contributed by atoms with Crippen molar-refractivity contribution < 1.29 is 13.2 Å². The number of rotatable bonds is 6. The molecule has 0 spiro atoms. The molecule has 1 fully saturated rings. The Morgan fingerprint density at radius 1 is 1.44 bits per heavy atom. The summed E-state index contributed by atoms with van der Waals surface area (Å²) in [6.07, 6.45) is 6.93. The van der Waals surface area contributed by atoms with Crippen LogP contribution in [0.5, 0.6) is 0 Å². The van der Waals surface area contributed by atoms with Gasteiger partial charge in [-0.25, -0.2) is 8.42 Å². The zero-order valence-electron chi connectivity index (χ0n) is 9.87. The second-order valence-electron chi connectivity index (χ2n) is 4.41. The van der Waals surface area contributed by atoms with Crippen LogP contribution in [0.25, 0.3) is 0 Å². The van der Waals surface area contributed by atoms with Gasteiger partial charge in [0.2, 0.25) is 5.91 Å². The molecule has 1 aromatic rings. The summed E-state index contributed by atoms with van der Waals surface area (Å²) in [6, 6.07) is 1.60. The SMILES string of the molecule is NC(=O)CC[CH]c1cncc(S(=O)(=O)C2CC2)c1. The van der Waals surface area contributed by atoms with Crippen LogP contribution in [0.15, 0.2) is 23.4 Å². The van der Waals surface area contributed by atoms with Gasteiger partial charge in [-0.05, 0) is 37.3 Å². The normalized spacial score (nSPS) is 15.6. The molecule has 6 heteroatoms. The maximum Gasteiger partial charge on any atom is 0.217 e. The molecule has 1 amide bonds. The molecule has 0 aliphatic heterocycles. The molecule has 0 aromatic carbocycles. The van der Waals surface area contributed by atoms with E-state index in [2.05, 4.69) is 4.98 Å². The maximum atomic E-state index is 12.0. The summed E-state index contributed by atoms with van der Waals surface area (Å²) in [6.45, 7) is 0. The van der Waals surface area contributed by atoms with Gasteiger partial charge in [0, 0.05) is 18.8 Å². The third kappa shape index (κ3) is 3.07. The average molecular weight is 267 g/mol. The summed E-state index contributed by atoms with van der Waals surface area (Å²) in [5.41, 5.74) is 5.74. The highest BCUT2D eigenvalue weighted by Gasteiger charge is 2.37. The second-order valence-corrected chi connectivity index (χ2v) is 6.64. The molecule has 1 saturated carbocycles. The van der Waals surface area contributed by atoms with Gasteiger partial charge in [0.1, 0.15) is 0 Å². The van der Waals surface area contributed by atoms with E-state index in [4.69, 9.17) is 5.73 Å². The minimum absolute atomic E-state index is 0.236. The van der Waals surface area contributed by atoms with Crippen molar-refractivity contribution in [3.63, 3.8) is 0 Å². The van der Waals surface area contributed by atoms with Gasteiger partial charge in [0.25, 0.3) is 0 Å². The van der Waals surface area contributed by atoms with Gasteiger partial charge in [0.15, 0.2) is 9.84 Å². The van der Waals surface area contributed by atoms with Gasteiger partial charge in [-0.1, -0.05) is 0 Å². The number of nitrogens with zero attached hydrogens (tertiary/aromatic N) is 1. The largest absolute Gasteiger partial charge is 0.370 e. The van der Waals surface area contributed by atoms with Crippen molar-refractivity contribution in [2.45, 2.75) is 35.8 Å². The number of hydrogen-bond donors (Lipinski definition) is 1. The third-order valence-electron chi connectivity index (χ3n) is 2.80. The first-order chi connectivity index (χ1) is 8.50. The summed E-state index contributed by atoms with van der Waals surface area (Å²) < 4.78 is 24.0. The Bertz CT molecular complexity index is 550. The Kier molecular flexibility index (Phi) is 3.65. The Morgan fingerprint density at radius 3 is 2.78 bits per heavy atom. The number of carbonyl (C=O) groups is 1. The monoisotopic (exact) mass is 267 g/mol. The fourth-order valence-electron chi connectivity index (χ4n) is 1.65.